The van der Waals surface area contributed by atoms with Crippen LogP contribution in [0.2, 0.25) is 0 Å². The summed E-state index contributed by atoms with van der Waals surface area (Å²) in [5.74, 6) is 4.95. The maximum Gasteiger partial charge on any atom is 0.128 e. The SMILES string of the molecule is N#CCc1ccc(C#CCN)cc1F. The third-order valence-corrected chi connectivity index (χ3v) is 1.66. The third-order valence-electron chi connectivity index (χ3n) is 1.66. The summed E-state index contributed by atoms with van der Waals surface area (Å²) in [7, 11) is 0. The van der Waals surface area contributed by atoms with Crippen molar-refractivity contribution in [1.29, 1.82) is 5.26 Å². The van der Waals surface area contributed by atoms with Crippen molar-refractivity contribution in [2.75, 3.05) is 6.54 Å². The molecule has 0 fully saturated rings. The molecular formula is C11H9FN2. The molecule has 0 bridgehead atoms. The lowest BCUT2D eigenvalue weighted by molar-refractivity contribution is 0.615. The van der Waals surface area contributed by atoms with Crippen LogP contribution in [0.5, 0.6) is 0 Å². The van der Waals surface area contributed by atoms with E-state index in [0.29, 0.717) is 11.1 Å². The molecule has 0 saturated carbocycles. The summed E-state index contributed by atoms with van der Waals surface area (Å²) in [6, 6.07) is 6.45. The van der Waals surface area contributed by atoms with Gasteiger partial charge in [-0.15, -0.1) is 0 Å². The smallest absolute Gasteiger partial charge is 0.128 e. The van der Waals surface area contributed by atoms with Crippen molar-refractivity contribution in [3.63, 3.8) is 0 Å². The average molecular weight is 188 g/mol. The zero-order valence-corrected chi connectivity index (χ0v) is 7.55. The van der Waals surface area contributed by atoms with Gasteiger partial charge in [0, 0.05) is 11.1 Å². The van der Waals surface area contributed by atoms with Gasteiger partial charge in [-0.1, -0.05) is 17.9 Å². The van der Waals surface area contributed by atoms with E-state index < -0.39 is 5.82 Å². The molecule has 0 aliphatic carbocycles. The predicted octanol–water partition coefficient (Wildman–Crippen LogP) is 1.20. The Kier molecular flexibility index (Phi) is 3.67. The highest BCUT2D eigenvalue weighted by Gasteiger charge is 2.01. The summed E-state index contributed by atoms with van der Waals surface area (Å²) in [4.78, 5) is 0. The first-order chi connectivity index (χ1) is 6.77. The first-order valence-electron chi connectivity index (χ1n) is 4.12. The van der Waals surface area contributed by atoms with Gasteiger partial charge in [-0.3, -0.25) is 0 Å². The fourth-order valence-electron chi connectivity index (χ4n) is 1.01. The molecule has 0 aliphatic rings. The quantitative estimate of drug-likeness (QED) is 0.673. The van der Waals surface area contributed by atoms with E-state index in [4.69, 9.17) is 11.0 Å². The molecule has 0 radical (unpaired) electrons. The van der Waals surface area contributed by atoms with Crippen molar-refractivity contribution in [3.05, 3.63) is 35.1 Å². The van der Waals surface area contributed by atoms with Crippen LogP contribution in [-0.2, 0) is 6.42 Å². The van der Waals surface area contributed by atoms with Crippen LogP contribution in [0, 0.1) is 29.0 Å². The highest BCUT2D eigenvalue weighted by Crippen LogP contribution is 2.09. The van der Waals surface area contributed by atoms with Gasteiger partial charge in [0.05, 0.1) is 19.0 Å². The summed E-state index contributed by atoms with van der Waals surface area (Å²) in [5.41, 5.74) is 6.15. The Bertz CT molecular complexity index is 421. The van der Waals surface area contributed by atoms with Gasteiger partial charge in [-0.25, -0.2) is 4.39 Å². The lowest BCUT2D eigenvalue weighted by Gasteiger charge is -1.97. The van der Waals surface area contributed by atoms with Crippen molar-refractivity contribution >= 4 is 0 Å². The van der Waals surface area contributed by atoms with Gasteiger partial charge >= 0.3 is 0 Å². The molecule has 2 nitrogen and oxygen atoms in total. The highest BCUT2D eigenvalue weighted by molar-refractivity contribution is 5.37. The maximum atomic E-state index is 13.2. The zero-order valence-electron chi connectivity index (χ0n) is 7.55. The highest BCUT2D eigenvalue weighted by atomic mass is 19.1. The molecule has 0 amide bonds. The predicted molar refractivity (Wildman–Crippen MR) is 51.6 cm³/mol. The summed E-state index contributed by atoms with van der Waals surface area (Å²) in [6.45, 7) is 0.252. The van der Waals surface area contributed by atoms with Gasteiger partial charge in [0.25, 0.3) is 0 Å². The number of nitrogens with two attached hydrogens (primary N) is 1. The third kappa shape index (κ3) is 2.58. The Morgan fingerprint density at radius 2 is 2.21 bits per heavy atom. The molecule has 70 valence electrons. The molecule has 0 spiro atoms. The van der Waals surface area contributed by atoms with Gasteiger partial charge < -0.3 is 5.73 Å². The van der Waals surface area contributed by atoms with Crippen LogP contribution >= 0.6 is 0 Å². The number of hydrogen-bond donors (Lipinski definition) is 1. The first kappa shape index (κ1) is 10.2. The van der Waals surface area contributed by atoms with E-state index in [9.17, 15) is 4.39 Å². The fraction of sp³-hybridized carbons (Fsp3) is 0.182. The Morgan fingerprint density at radius 3 is 2.79 bits per heavy atom. The second-order valence-corrected chi connectivity index (χ2v) is 2.65. The Morgan fingerprint density at radius 1 is 1.43 bits per heavy atom. The molecule has 0 heterocycles. The van der Waals surface area contributed by atoms with E-state index in [0.717, 1.165) is 0 Å². The van der Waals surface area contributed by atoms with Crippen LogP contribution < -0.4 is 5.73 Å². The lowest BCUT2D eigenvalue weighted by atomic mass is 10.1. The molecule has 0 saturated heterocycles. The number of hydrogen-bond acceptors (Lipinski definition) is 2. The van der Waals surface area contributed by atoms with Crippen molar-refractivity contribution < 1.29 is 4.39 Å². The molecule has 1 aromatic rings. The van der Waals surface area contributed by atoms with Crippen LogP contribution in [-0.4, -0.2) is 6.54 Å². The Balaban J connectivity index is 2.95. The van der Waals surface area contributed by atoms with Crippen molar-refractivity contribution in [1.82, 2.24) is 0 Å². The van der Waals surface area contributed by atoms with E-state index in [1.165, 1.54) is 6.07 Å². The fourth-order valence-corrected chi connectivity index (χ4v) is 1.01. The second-order valence-electron chi connectivity index (χ2n) is 2.65. The number of halogens is 1. The van der Waals surface area contributed by atoms with Crippen LogP contribution in [0.25, 0.3) is 0 Å². The molecule has 1 rings (SSSR count). The molecule has 3 heteroatoms. The van der Waals surface area contributed by atoms with Gasteiger partial charge in [-0.2, -0.15) is 5.26 Å². The normalized spacial score (nSPS) is 8.64. The Hall–Kier alpha value is -1.84. The van der Waals surface area contributed by atoms with Crippen LogP contribution in [0.15, 0.2) is 18.2 Å². The van der Waals surface area contributed by atoms with Crippen LogP contribution in [0.3, 0.4) is 0 Å². The van der Waals surface area contributed by atoms with Gasteiger partial charge in [-0.05, 0) is 12.1 Å². The minimum Gasteiger partial charge on any atom is -0.320 e. The molecule has 0 aromatic heterocycles. The van der Waals surface area contributed by atoms with Crippen LogP contribution in [0.4, 0.5) is 4.39 Å². The van der Waals surface area contributed by atoms with Crippen molar-refractivity contribution in [2.45, 2.75) is 6.42 Å². The number of rotatable bonds is 1. The number of nitrogens with zero attached hydrogens (tertiary/aromatic N) is 1. The van der Waals surface area contributed by atoms with E-state index in [-0.39, 0.29) is 13.0 Å². The summed E-state index contributed by atoms with van der Waals surface area (Å²) in [5, 5.41) is 8.39. The van der Waals surface area contributed by atoms with E-state index in [1.807, 2.05) is 6.07 Å². The van der Waals surface area contributed by atoms with E-state index >= 15 is 0 Å². The number of benzene rings is 1. The monoisotopic (exact) mass is 188 g/mol. The topological polar surface area (TPSA) is 49.8 Å². The summed E-state index contributed by atoms with van der Waals surface area (Å²) < 4.78 is 13.2. The maximum absolute atomic E-state index is 13.2. The van der Waals surface area contributed by atoms with Crippen molar-refractivity contribution in [3.8, 4) is 17.9 Å². The molecular weight excluding hydrogens is 179 g/mol. The molecule has 14 heavy (non-hydrogen) atoms. The minimum absolute atomic E-state index is 0.0798. The second kappa shape index (κ2) is 5.01. The van der Waals surface area contributed by atoms with Crippen molar-refractivity contribution in [2.24, 2.45) is 5.73 Å². The standard InChI is InChI=1S/C11H9FN2/c12-11-8-9(2-1-6-13)3-4-10(11)5-7-14/h3-4,8H,5-6,13H2. The van der Waals surface area contributed by atoms with Crippen LogP contribution in [0.1, 0.15) is 11.1 Å². The van der Waals surface area contributed by atoms with Gasteiger partial charge in [0.2, 0.25) is 0 Å². The Labute approximate surface area is 82.2 Å². The van der Waals surface area contributed by atoms with Gasteiger partial charge in [0.1, 0.15) is 5.82 Å². The average Bonchev–Trinajstić information content (AvgIpc) is 2.19. The van der Waals surface area contributed by atoms with E-state index in [1.54, 1.807) is 12.1 Å². The first-order valence-corrected chi connectivity index (χ1v) is 4.12. The summed E-state index contributed by atoms with van der Waals surface area (Å²) in [6.07, 6.45) is 0.0798. The molecule has 1 aromatic carbocycles. The zero-order chi connectivity index (χ0) is 10.4. The number of nitriles is 1. The van der Waals surface area contributed by atoms with Gasteiger partial charge in [0.15, 0.2) is 0 Å². The van der Waals surface area contributed by atoms with E-state index in [2.05, 4.69) is 11.8 Å². The largest absolute Gasteiger partial charge is 0.320 e. The molecule has 0 unspecified atom stereocenters. The molecule has 0 atom stereocenters. The summed E-state index contributed by atoms with van der Waals surface area (Å²) >= 11 is 0. The molecule has 2 N–H and O–H groups in total. The lowest BCUT2D eigenvalue weighted by Crippen LogP contribution is -1.94. The molecule has 0 aliphatic heterocycles. The minimum atomic E-state index is -0.393.